The molecule has 0 bridgehead atoms. The lowest BCUT2D eigenvalue weighted by Crippen LogP contribution is -2.33. The van der Waals surface area contributed by atoms with Crippen LogP contribution in [0.4, 0.5) is 0 Å². The lowest BCUT2D eigenvalue weighted by Gasteiger charge is -2.19. The Bertz CT molecular complexity index is 298. The highest BCUT2D eigenvalue weighted by Gasteiger charge is 2.47. The number of nitrogens with zero attached hydrogens (tertiary/aromatic N) is 4. The van der Waals surface area contributed by atoms with Crippen molar-refractivity contribution in [1.29, 1.82) is 5.26 Å². The predicted molar refractivity (Wildman–Crippen MR) is 67.0 cm³/mol. The van der Waals surface area contributed by atoms with Gasteiger partial charge in [-0.3, -0.25) is 14.7 Å². The number of likely N-dealkylation sites (N-methyl/N-ethyl adjacent to an activating group) is 1. The van der Waals surface area contributed by atoms with Gasteiger partial charge in [-0.1, -0.05) is 11.6 Å². The summed E-state index contributed by atoms with van der Waals surface area (Å²) in [6, 6.07) is 0.367. The summed E-state index contributed by atoms with van der Waals surface area (Å²) in [4.78, 5) is 6.33. The zero-order valence-electron chi connectivity index (χ0n) is 9.80. The number of halogens is 1. The molecule has 0 aromatic carbocycles. The molecule has 0 radical (unpaired) electrons. The van der Waals surface area contributed by atoms with Crippen molar-refractivity contribution in [1.82, 2.24) is 14.7 Å². The molecule has 2 heterocycles. The van der Waals surface area contributed by atoms with Crippen LogP contribution in [-0.2, 0) is 0 Å². The quantitative estimate of drug-likeness (QED) is 0.327. The van der Waals surface area contributed by atoms with E-state index in [1.165, 1.54) is 0 Å². The first kappa shape index (κ1) is 12.3. The van der Waals surface area contributed by atoms with Crippen molar-refractivity contribution in [2.45, 2.75) is 29.2 Å². The van der Waals surface area contributed by atoms with E-state index in [1.807, 2.05) is 11.9 Å². The molecule has 2 rings (SSSR count). The van der Waals surface area contributed by atoms with E-state index in [0.717, 1.165) is 13.1 Å². The fraction of sp³-hybridized carbons (Fsp3) is 0.900. The first-order valence-corrected chi connectivity index (χ1v) is 6.80. The van der Waals surface area contributed by atoms with Crippen LogP contribution in [-0.4, -0.2) is 64.2 Å². The Morgan fingerprint density at radius 1 is 1.62 bits per heavy atom. The van der Waals surface area contributed by atoms with Gasteiger partial charge < -0.3 is 0 Å². The van der Waals surface area contributed by atoms with Gasteiger partial charge in [0, 0.05) is 18.3 Å². The van der Waals surface area contributed by atoms with Crippen LogP contribution in [0.2, 0.25) is 0 Å². The number of hydrogen-bond acceptors (Lipinski definition) is 5. The van der Waals surface area contributed by atoms with E-state index in [9.17, 15) is 0 Å². The molecule has 4 unspecified atom stereocenters. The number of alkyl halides is 1. The van der Waals surface area contributed by atoms with Crippen LogP contribution in [0.25, 0.3) is 0 Å². The monoisotopic (exact) mass is 260 g/mol. The van der Waals surface area contributed by atoms with Gasteiger partial charge in [0.1, 0.15) is 11.0 Å². The minimum atomic E-state index is 0.0992. The zero-order chi connectivity index (χ0) is 11.9. The van der Waals surface area contributed by atoms with Crippen molar-refractivity contribution in [2.24, 2.45) is 0 Å². The summed E-state index contributed by atoms with van der Waals surface area (Å²) in [6.07, 6.45) is 2.51. The number of hydrogen-bond donors (Lipinski definition) is 0. The van der Waals surface area contributed by atoms with Gasteiger partial charge in [-0.25, -0.2) is 0 Å². The first-order valence-electron chi connectivity index (χ1n) is 5.42. The standard InChI is InChI=1S/C10H17ClN4S/c1-7-9(15(7)6-12)13(2)4-8-5-14(3)10(11)16-8/h7-10H,4-5H2,1-3H3. The van der Waals surface area contributed by atoms with Crippen LogP contribution in [0.15, 0.2) is 0 Å². The van der Waals surface area contributed by atoms with E-state index < -0.39 is 0 Å². The molecule has 2 aliphatic rings. The Kier molecular flexibility index (Phi) is 3.55. The van der Waals surface area contributed by atoms with Gasteiger partial charge in [0.2, 0.25) is 0 Å². The Balaban J connectivity index is 1.81. The average molecular weight is 261 g/mol. The predicted octanol–water partition coefficient (Wildman–Crippen LogP) is 0.999. The molecule has 4 nitrogen and oxygen atoms in total. The van der Waals surface area contributed by atoms with E-state index in [4.69, 9.17) is 16.9 Å². The smallest absolute Gasteiger partial charge is 0.181 e. The maximum absolute atomic E-state index is 8.86. The van der Waals surface area contributed by atoms with E-state index in [2.05, 4.69) is 30.0 Å². The second-order valence-electron chi connectivity index (χ2n) is 4.59. The molecule has 2 fully saturated rings. The van der Waals surface area contributed by atoms with E-state index >= 15 is 0 Å². The second-order valence-corrected chi connectivity index (χ2v) is 6.65. The van der Waals surface area contributed by atoms with Gasteiger partial charge in [0.15, 0.2) is 6.19 Å². The fourth-order valence-electron chi connectivity index (χ4n) is 2.30. The highest BCUT2D eigenvalue weighted by atomic mass is 35.5. The maximum atomic E-state index is 8.86. The van der Waals surface area contributed by atoms with E-state index in [0.29, 0.717) is 17.5 Å². The summed E-state index contributed by atoms with van der Waals surface area (Å²) < 4.78 is 0. The van der Waals surface area contributed by atoms with Crippen molar-refractivity contribution < 1.29 is 0 Å². The lowest BCUT2D eigenvalue weighted by atomic mass is 10.3. The Labute approximate surface area is 106 Å². The summed E-state index contributed by atoms with van der Waals surface area (Å²) in [5.41, 5.74) is 0. The van der Waals surface area contributed by atoms with Crippen LogP contribution in [0.3, 0.4) is 0 Å². The molecule has 0 amide bonds. The molecule has 0 saturated carbocycles. The molecular formula is C10H17ClN4S. The van der Waals surface area contributed by atoms with Crippen molar-refractivity contribution in [3.63, 3.8) is 0 Å². The average Bonchev–Trinajstić information content (AvgIpc) is 2.77. The number of thioether (sulfide) groups is 1. The lowest BCUT2D eigenvalue weighted by molar-refractivity contribution is 0.275. The third-order valence-corrected chi connectivity index (χ3v) is 5.18. The molecular weight excluding hydrogens is 244 g/mol. The molecule has 6 heteroatoms. The van der Waals surface area contributed by atoms with Crippen LogP contribution in [0.5, 0.6) is 0 Å². The molecule has 0 aliphatic carbocycles. The zero-order valence-corrected chi connectivity index (χ0v) is 11.4. The van der Waals surface area contributed by atoms with Crippen molar-refractivity contribution in [2.75, 3.05) is 27.2 Å². The normalized spacial score (nSPS) is 39.1. The molecule has 16 heavy (non-hydrogen) atoms. The Morgan fingerprint density at radius 2 is 2.31 bits per heavy atom. The second kappa shape index (κ2) is 4.61. The molecule has 0 N–H and O–H groups in total. The van der Waals surface area contributed by atoms with Crippen LogP contribution in [0.1, 0.15) is 6.92 Å². The van der Waals surface area contributed by atoms with Crippen molar-refractivity contribution in [3.05, 3.63) is 0 Å². The molecule has 0 aromatic rings. The first-order chi connectivity index (χ1) is 7.54. The molecule has 0 aromatic heterocycles. The summed E-state index contributed by atoms with van der Waals surface area (Å²) >= 11 is 7.93. The minimum Gasteiger partial charge on any atom is -0.286 e. The molecule has 90 valence electrons. The van der Waals surface area contributed by atoms with Gasteiger partial charge in [0.05, 0.1) is 6.04 Å². The molecule has 2 aliphatic heterocycles. The third kappa shape index (κ3) is 2.25. The van der Waals surface area contributed by atoms with Crippen molar-refractivity contribution >= 4 is 23.4 Å². The van der Waals surface area contributed by atoms with Crippen LogP contribution >= 0.6 is 23.4 Å². The summed E-state index contributed by atoms with van der Waals surface area (Å²) in [5, 5.41) is 9.40. The maximum Gasteiger partial charge on any atom is 0.181 e. The number of rotatable bonds is 3. The topological polar surface area (TPSA) is 33.3 Å². The highest BCUT2D eigenvalue weighted by Crippen LogP contribution is 2.34. The van der Waals surface area contributed by atoms with Gasteiger partial charge in [-0.2, -0.15) is 5.26 Å². The van der Waals surface area contributed by atoms with Gasteiger partial charge >= 0.3 is 0 Å². The van der Waals surface area contributed by atoms with Gasteiger partial charge in [0.25, 0.3) is 0 Å². The molecule has 0 spiro atoms. The third-order valence-electron chi connectivity index (χ3n) is 3.27. The minimum absolute atomic E-state index is 0.0992. The summed E-state index contributed by atoms with van der Waals surface area (Å²) in [7, 11) is 4.13. The SMILES string of the molecule is CC1C(N(C)CC2CN(C)C(Cl)S2)N1C#N. The van der Waals surface area contributed by atoms with Gasteiger partial charge in [-0.05, 0) is 21.0 Å². The van der Waals surface area contributed by atoms with E-state index in [1.54, 1.807) is 11.8 Å². The fourth-order valence-corrected chi connectivity index (χ4v) is 4.07. The summed E-state index contributed by atoms with van der Waals surface area (Å²) in [6.45, 7) is 4.10. The number of nitriles is 1. The molecule has 4 atom stereocenters. The summed E-state index contributed by atoms with van der Waals surface area (Å²) in [5.74, 6) is 0. The van der Waals surface area contributed by atoms with E-state index in [-0.39, 0.29) is 4.83 Å². The Morgan fingerprint density at radius 3 is 2.75 bits per heavy atom. The van der Waals surface area contributed by atoms with Crippen LogP contribution < -0.4 is 0 Å². The van der Waals surface area contributed by atoms with Crippen LogP contribution in [0, 0.1) is 11.5 Å². The Hall–Kier alpha value is -0.150. The molecule has 2 saturated heterocycles. The highest BCUT2D eigenvalue weighted by molar-refractivity contribution is 8.01. The van der Waals surface area contributed by atoms with Crippen molar-refractivity contribution in [3.8, 4) is 6.19 Å². The van der Waals surface area contributed by atoms with Gasteiger partial charge in [-0.15, -0.1) is 11.8 Å². The largest absolute Gasteiger partial charge is 0.286 e.